The summed E-state index contributed by atoms with van der Waals surface area (Å²) in [6.07, 6.45) is 2.58. The molecule has 0 bridgehead atoms. The first-order chi connectivity index (χ1) is 9.61. The number of likely N-dealkylation sites (N-methyl/N-ethyl adjacent to an activating group) is 1. The van der Waals surface area contributed by atoms with Gasteiger partial charge >= 0.3 is 0 Å². The van der Waals surface area contributed by atoms with E-state index in [0.29, 0.717) is 0 Å². The van der Waals surface area contributed by atoms with Gasteiger partial charge in [0, 0.05) is 10.7 Å². The molecule has 2 aromatic rings. The van der Waals surface area contributed by atoms with E-state index in [1.807, 2.05) is 18.3 Å². The zero-order chi connectivity index (χ0) is 14.5. The molecular formula is C16H18BrFN2. The first kappa shape index (κ1) is 15.1. The summed E-state index contributed by atoms with van der Waals surface area (Å²) in [6, 6.07) is 8.95. The van der Waals surface area contributed by atoms with E-state index in [1.165, 1.54) is 12.1 Å². The van der Waals surface area contributed by atoms with Gasteiger partial charge in [0.25, 0.3) is 0 Å². The Morgan fingerprint density at radius 3 is 2.80 bits per heavy atom. The minimum absolute atomic E-state index is 0.128. The minimum Gasteiger partial charge on any atom is -0.309 e. The monoisotopic (exact) mass is 336 g/mol. The van der Waals surface area contributed by atoms with Crippen LogP contribution in [0.3, 0.4) is 0 Å². The van der Waals surface area contributed by atoms with Gasteiger partial charge in [0.2, 0.25) is 0 Å². The van der Waals surface area contributed by atoms with E-state index < -0.39 is 0 Å². The van der Waals surface area contributed by atoms with E-state index in [2.05, 4.69) is 46.1 Å². The number of hydrogen-bond acceptors (Lipinski definition) is 2. The normalized spacial score (nSPS) is 12.4. The van der Waals surface area contributed by atoms with Crippen LogP contribution in [0.5, 0.6) is 0 Å². The molecular weight excluding hydrogens is 319 g/mol. The first-order valence-corrected chi connectivity index (χ1v) is 7.50. The van der Waals surface area contributed by atoms with Crippen molar-refractivity contribution in [1.29, 1.82) is 0 Å². The minimum atomic E-state index is -0.227. The van der Waals surface area contributed by atoms with Gasteiger partial charge in [-0.15, -0.1) is 0 Å². The average molecular weight is 337 g/mol. The Bertz CT molecular complexity index is 586. The maximum atomic E-state index is 13.2. The van der Waals surface area contributed by atoms with Gasteiger partial charge in [-0.25, -0.2) is 4.39 Å². The zero-order valence-electron chi connectivity index (χ0n) is 11.7. The predicted octanol–water partition coefficient (Wildman–Crippen LogP) is 4.18. The molecule has 106 valence electrons. The third-order valence-electron chi connectivity index (χ3n) is 3.27. The van der Waals surface area contributed by atoms with Gasteiger partial charge in [-0.2, -0.15) is 0 Å². The zero-order valence-corrected chi connectivity index (χ0v) is 13.2. The summed E-state index contributed by atoms with van der Waals surface area (Å²) in [7, 11) is 0. The molecule has 0 radical (unpaired) electrons. The molecule has 1 unspecified atom stereocenters. The highest BCUT2D eigenvalue weighted by atomic mass is 79.9. The highest BCUT2D eigenvalue weighted by Gasteiger charge is 2.16. The summed E-state index contributed by atoms with van der Waals surface area (Å²) < 4.78 is 14.0. The summed E-state index contributed by atoms with van der Waals surface area (Å²) in [5.41, 5.74) is 3.28. The second-order valence-corrected chi connectivity index (χ2v) is 5.61. The van der Waals surface area contributed by atoms with Crippen molar-refractivity contribution in [2.45, 2.75) is 26.3 Å². The third kappa shape index (κ3) is 3.64. The molecule has 2 rings (SSSR count). The lowest BCUT2D eigenvalue weighted by Gasteiger charge is -2.20. The van der Waals surface area contributed by atoms with E-state index in [1.54, 1.807) is 0 Å². The summed E-state index contributed by atoms with van der Waals surface area (Å²) in [5, 5.41) is 3.45. The SMILES string of the molecule is CCNC(Cc1ccc(F)cc1Br)c1ncccc1C. The number of halogens is 2. The van der Waals surface area contributed by atoms with Gasteiger partial charge in [-0.3, -0.25) is 4.98 Å². The van der Waals surface area contributed by atoms with Gasteiger partial charge in [0.15, 0.2) is 0 Å². The van der Waals surface area contributed by atoms with Crippen molar-refractivity contribution in [2.75, 3.05) is 6.54 Å². The van der Waals surface area contributed by atoms with Crippen molar-refractivity contribution in [1.82, 2.24) is 10.3 Å². The Hall–Kier alpha value is -1.26. The molecule has 4 heteroatoms. The fourth-order valence-corrected chi connectivity index (χ4v) is 2.79. The molecule has 0 aliphatic rings. The molecule has 0 saturated heterocycles. The Kier molecular flexibility index (Phi) is 5.26. The summed E-state index contributed by atoms with van der Waals surface area (Å²) in [6.45, 7) is 5.00. The van der Waals surface area contributed by atoms with Crippen LogP contribution in [-0.4, -0.2) is 11.5 Å². The van der Waals surface area contributed by atoms with E-state index in [9.17, 15) is 4.39 Å². The van der Waals surface area contributed by atoms with Crippen LogP contribution in [0.2, 0.25) is 0 Å². The molecule has 0 saturated carbocycles. The second-order valence-electron chi connectivity index (χ2n) is 4.76. The number of pyridine rings is 1. The largest absolute Gasteiger partial charge is 0.309 e. The van der Waals surface area contributed by atoms with Crippen LogP contribution in [0.15, 0.2) is 41.0 Å². The molecule has 1 atom stereocenters. The molecule has 1 N–H and O–H groups in total. The van der Waals surface area contributed by atoms with E-state index in [4.69, 9.17) is 0 Å². The van der Waals surface area contributed by atoms with Crippen LogP contribution in [-0.2, 0) is 6.42 Å². The molecule has 0 aliphatic carbocycles. The van der Waals surface area contributed by atoms with Gasteiger partial charge in [-0.1, -0.05) is 35.0 Å². The number of aryl methyl sites for hydroxylation is 1. The molecule has 2 nitrogen and oxygen atoms in total. The van der Waals surface area contributed by atoms with Crippen molar-refractivity contribution in [3.63, 3.8) is 0 Å². The lowest BCUT2D eigenvalue weighted by Crippen LogP contribution is -2.24. The number of hydrogen-bond donors (Lipinski definition) is 1. The Balaban J connectivity index is 2.28. The van der Waals surface area contributed by atoms with Crippen LogP contribution in [0.25, 0.3) is 0 Å². The summed E-state index contributed by atoms with van der Waals surface area (Å²) in [4.78, 5) is 4.49. The number of rotatable bonds is 5. The number of nitrogens with one attached hydrogen (secondary N) is 1. The molecule has 20 heavy (non-hydrogen) atoms. The van der Waals surface area contributed by atoms with Crippen LogP contribution in [0.1, 0.15) is 29.8 Å². The van der Waals surface area contributed by atoms with Crippen molar-refractivity contribution >= 4 is 15.9 Å². The van der Waals surface area contributed by atoms with Gasteiger partial charge in [-0.05, 0) is 49.2 Å². The number of benzene rings is 1. The Morgan fingerprint density at radius 2 is 2.15 bits per heavy atom. The standard InChI is InChI=1S/C16H18BrFN2/c1-3-19-15(16-11(2)5-4-8-20-16)9-12-6-7-13(18)10-14(12)17/h4-8,10,15,19H,3,9H2,1-2H3. The van der Waals surface area contributed by atoms with Gasteiger partial charge < -0.3 is 5.32 Å². The smallest absolute Gasteiger partial charge is 0.124 e. The van der Waals surface area contributed by atoms with Crippen molar-refractivity contribution in [3.8, 4) is 0 Å². The molecule has 0 fully saturated rings. The maximum absolute atomic E-state index is 13.2. The second kappa shape index (κ2) is 6.95. The van der Waals surface area contributed by atoms with Crippen LogP contribution >= 0.6 is 15.9 Å². The lowest BCUT2D eigenvalue weighted by atomic mass is 10.00. The van der Waals surface area contributed by atoms with E-state index in [0.717, 1.165) is 34.3 Å². The van der Waals surface area contributed by atoms with Gasteiger partial charge in [0.1, 0.15) is 5.82 Å². The number of aromatic nitrogens is 1. The first-order valence-electron chi connectivity index (χ1n) is 6.70. The van der Waals surface area contributed by atoms with Crippen LogP contribution in [0.4, 0.5) is 4.39 Å². The third-order valence-corrected chi connectivity index (χ3v) is 4.01. The Labute approximate surface area is 127 Å². The van der Waals surface area contributed by atoms with Crippen molar-refractivity contribution < 1.29 is 4.39 Å². The molecule has 0 spiro atoms. The fraction of sp³-hybridized carbons (Fsp3) is 0.312. The quantitative estimate of drug-likeness (QED) is 0.885. The van der Waals surface area contributed by atoms with E-state index in [-0.39, 0.29) is 11.9 Å². The molecule has 1 heterocycles. The summed E-state index contributed by atoms with van der Waals surface area (Å²) >= 11 is 3.43. The molecule has 1 aromatic heterocycles. The fourth-order valence-electron chi connectivity index (χ4n) is 2.28. The highest BCUT2D eigenvalue weighted by Crippen LogP contribution is 2.25. The van der Waals surface area contributed by atoms with Gasteiger partial charge in [0.05, 0.1) is 11.7 Å². The maximum Gasteiger partial charge on any atom is 0.124 e. The predicted molar refractivity (Wildman–Crippen MR) is 83.2 cm³/mol. The Morgan fingerprint density at radius 1 is 1.35 bits per heavy atom. The van der Waals surface area contributed by atoms with Crippen LogP contribution < -0.4 is 5.32 Å². The topological polar surface area (TPSA) is 24.9 Å². The van der Waals surface area contributed by atoms with Crippen molar-refractivity contribution in [2.24, 2.45) is 0 Å². The molecule has 0 amide bonds. The van der Waals surface area contributed by atoms with Crippen molar-refractivity contribution in [3.05, 3.63) is 63.6 Å². The average Bonchev–Trinajstić information content (AvgIpc) is 2.42. The summed E-state index contributed by atoms with van der Waals surface area (Å²) in [5.74, 6) is -0.227. The highest BCUT2D eigenvalue weighted by molar-refractivity contribution is 9.10. The lowest BCUT2D eigenvalue weighted by molar-refractivity contribution is 0.532. The number of nitrogens with zero attached hydrogens (tertiary/aromatic N) is 1. The molecule has 0 aliphatic heterocycles. The van der Waals surface area contributed by atoms with Crippen LogP contribution in [0, 0.1) is 12.7 Å². The van der Waals surface area contributed by atoms with E-state index >= 15 is 0 Å². The molecule has 1 aromatic carbocycles.